The fourth-order valence-corrected chi connectivity index (χ4v) is 3.29. The highest BCUT2D eigenvalue weighted by molar-refractivity contribution is 5.79. The Morgan fingerprint density at radius 1 is 1.43 bits per heavy atom. The monoisotopic (exact) mass is 313 g/mol. The summed E-state index contributed by atoms with van der Waals surface area (Å²) < 4.78 is 7.52. The van der Waals surface area contributed by atoms with Crippen LogP contribution >= 0.6 is 0 Å². The van der Waals surface area contributed by atoms with Gasteiger partial charge in [0.05, 0.1) is 25.6 Å². The lowest BCUT2D eigenvalue weighted by molar-refractivity contribution is -0.137. The quantitative estimate of drug-likeness (QED) is 0.784. The molecule has 7 heteroatoms. The Morgan fingerprint density at radius 3 is 3.26 bits per heavy atom. The zero-order valence-corrected chi connectivity index (χ0v) is 13.1. The fraction of sp³-hybridized carbons (Fsp3) is 0.500. The zero-order chi connectivity index (χ0) is 15.8. The van der Waals surface area contributed by atoms with Crippen LogP contribution in [0, 0.1) is 12.8 Å². The predicted octanol–water partition coefficient (Wildman–Crippen LogP) is 0.965. The van der Waals surface area contributed by atoms with Crippen LogP contribution in [0.15, 0.2) is 18.3 Å². The average molecular weight is 313 g/mol. The molecule has 0 radical (unpaired) electrons. The summed E-state index contributed by atoms with van der Waals surface area (Å²) >= 11 is 0. The van der Waals surface area contributed by atoms with Crippen LogP contribution in [0.2, 0.25) is 0 Å². The molecule has 4 heterocycles. The number of ether oxygens (including phenoxy) is 1. The SMILES string of the molecule is Cc1nc2n(n1)CC(C(=O)N1CCOc3ncccc3C1)CC2. The lowest BCUT2D eigenvalue weighted by atomic mass is 9.98. The summed E-state index contributed by atoms with van der Waals surface area (Å²) in [5.74, 6) is 2.53. The zero-order valence-electron chi connectivity index (χ0n) is 13.1. The largest absolute Gasteiger partial charge is 0.476 e. The van der Waals surface area contributed by atoms with E-state index in [2.05, 4.69) is 15.1 Å². The van der Waals surface area contributed by atoms with Gasteiger partial charge in [0.15, 0.2) is 0 Å². The summed E-state index contributed by atoms with van der Waals surface area (Å²) in [4.78, 5) is 23.4. The Hall–Kier alpha value is -2.44. The summed E-state index contributed by atoms with van der Waals surface area (Å²) in [6.45, 7) is 4.14. The maximum atomic E-state index is 12.9. The van der Waals surface area contributed by atoms with Crippen LogP contribution in [-0.4, -0.2) is 43.7 Å². The number of fused-ring (bicyclic) bond motifs is 2. The van der Waals surface area contributed by atoms with E-state index >= 15 is 0 Å². The topological polar surface area (TPSA) is 73.1 Å². The number of hydrogen-bond acceptors (Lipinski definition) is 5. The Morgan fingerprint density at radius 2 is 2.35 bits per heavy atom. The number of amides is 1. The van der Waals surface area contributed by atoms with Crippen LogP contribution in [0.25, 0.3) is 0 Å². The Kier molecular flexibility index (Phi) is 3.48. The molecule has 0 bridgehead atoms. The van der Waals surface area contributed by atoms with Crippen molar-refractivity contribution in [2.24, 2.45) is 5.92 Å². The normalized spacial score (nSPS) is 20.2. The number of nitrogens with zero attached hydrogens (tertiary/aromatic N) is 5. The summed E-state index contributed by atoms with van der Waals surface area (Å²) in [5, 5.41) is 4.38. The molecular formula is C16H19N5O2. The third-order valence-corrected chi connectivity index (χ3v) is 4.44. The van der Waals surface area contributed by atoms with Crippen molar-refractivity contribution < 1.29 is 9.53 Å². The minimum absolute atomic E-state index is 0.0400. The number of rotatable bonds is 1. The molecule has 23 heavy (non-hydrogen) atoms. The van der Waals surface area contributed by atoms with Gasteiger partial charge in [-0.15, -0.1) is 0 Å². The van der Waals surface area contributed by atoms with Crippen molar-refractivity contribution in [3.8, 4) is 5.88 Å². The molecule has 0 spiro atoms. The molecule has 1 amide bonds. The van der Waals surface area contributed by atoms with Crippen LogP contribution < -0.4 is 4.74 Å². The van der Waals surface area contributed by atoms with Crippen LogP contribution in [0.5, 0.6) is 5.88 Å². The van der Waals surface area contributed by atoms with E-state index in [1.165, 1.54) is 0 Å². The van der Waals surface area contributed by atoms with Gasteiger partial charge in [-0.25, -0.2) is 14.6 Å². The molecule has 0 N–H and O–H groups in total. The standard InChI is InChI=1S/C16H19N5O2/c1-11-18-14-5-4-13(10-21(14)19-11)16(22)20-7-8-23-15-12(9-20)3-2-6-17-15/h2-3,6,13H,4-5,7-10H2,1H3. The van der Waals surface area contributed by atoms with Crippen molar-refractivity contribution in [3.63, 3.8) is 0 Å². The van der Waals surface area contributed by atoms with Crippen molar-refractivity contribution in [1.29, 1.82) is 0 Å². The lowest BCUT2D eigenvalue weighted by Crippen LogP contribution is -2.40. The van der Waals surface area contributed by atoms with Crippen LogP contribution in [-0.2, 0) is 24.3 Å². The van der Waals surface area contributed by atoms with Gasteiger partial charge >= 0.3 is 0 Å². The summed E-state index contributed by atoms with van der Waals surface area (Å²) in [7, 11) is 0. The summed E-state index contributed by atoms with van der Waals surface area (Å²) in [6.07, 6.45) is 3.35. The molecule has 2 aromatic rings. The second kappa shape index (κ2) is 5.64. The maximum absolute atomic E-state index is 12.9. The molecule has 2 aliphatic rings. The van der Waals surface area contributed by atoms with E-state index in [4.69, 9.17) is 4.74 Å². The van der Waals surface area contributed by atoms with Gasteiger partial charge in [-0.3, -0.25) is 4.79 Å². The molecule has 120 valence electrons. The summed E-state index contributed by atoms with van der Waals surface area (Å²) in [6, 6.07) is 3.84. The highest BCUT2D eigenvalue weighted by atomic mass is 16.5. The molecule has 0 fully saturated rings. The smallest absolute Gasteiger partial charge is 0.227 e. The second-order valence-electron chi connectivity index (χ2n) is 6.07. The van der Waals surface area contributed by atoms with Gasteiger partial charge in [0.1, 0.15) is 18.3 Å². The average Bonchev–Trinajstić information content (AvgIpc) is 2.79. The number of carbonyl (C=O) groups excluding carboxylic acids is 1. The maximum Gasteiger partial charge on any atom is 0.227 e. The minimum Gasteiger partial charge on any atom is -0.476 e. The molecule has 4 rings (SSSR count). The number of carbonyl (C=O) groups is 1. The van der Waals surface area contributed by atoms with E-state index < -0.39 is 0 Å². The first-order valence-corrected chi connectivity index (χ1v) is 7.96. The van der Waals surface area contributed by atoms with E-state index in [1.54, 1.807) is 6.20 Å². The number of pyridine rings is 1. The van der Waals surface area contributed by atoms with Gasteiger partial charge in [0, 0.05) is 18.2 Å². The Labute approximate surface area is 134 Å². The van der Waals surface area contributed by atoms with E-state index in [0.717, 1.165) is 30.1 Å². The number of hydrogen-bond donors (Lipinski definition) is 0. The number of aryl methyl sites for hydroxylation is 2. The van der Waals surface area contributed by atoms with Gasteiger partial charge in [-0.2, -0.15) is 5.10 Å². The van der Waals surface area contributed by atoms with E-state index in [9.17, 15) is 4.79 Å². The van der Waals surface area contributed by atoms with E-state index in [1.807, 2.05) is 28.6 Å². The molecule has 2 aromatic heterocycles. The van der Waals surface area contributed by atoms with Crippen molar-refractivity contribution in [2.75, 3.05) is 13.2 Å². The molecule has 1 atom stereocenters. The van der Waals surface area contributed by atoms with Gasteiger partial charge in [-0.05, 0) is 19.4 Å². The lowest BCUT2D eigenvalue weighted by Gasteiger charge is -2.28. The van der Waals surface area contributed by atoms with Crippen molar-refractivity contribution in [1.82, 2.24) is 24.6 Å². The highest BCUT2D eigenvalue weighted by Gasteiger charge is 2.31. The summed E-state index contributed by atoms with van der Waals surface area (Å²) in [5.41, 5.74) is 0.964. The van der Waals surface area contributed by atoms with Crippen molar-refractivity contribution in [3.05, 3.63) is 35.5 Å². The van der Waals surface area contributed by atoms with Crippen molar-refractivity contribution in [2.45, 2.75) is 32.9 Å². The van der Waals surface area contributed by atoms with Gasteiger partial charge in [0.25, 0.3) is 0 Å². The molecule has 7 nitrogen and oxygen atoms in total. The third kappa shape index (κ3) is 2.67. The van der Waals surface area contributed by atoms with E-state index in [-0.39, 0.29) is 11.8 Å². The van der Waals surface area contributed by atoms with Gasteiger partial charge in [-0.1, -0.05) is 6.07 Å². The molecule has 1 unspecified atom stereocenters. The molecule has 2 aliphatic heterocycles. The molecule has 0 saturated heterocycles. The first-order valence-electron chi connectivity index (χ1n) is 7.96. The Balaban J connectivity index is 1.51. The molecule has 0 saturated carbocycles. The van der Waals surface area contributed by atoms with E-state index in [0.29, 0.717) is 32.1 Å². The van der Waals surface area contributed by atoms with Crippen LogP contribution in [0.4, 0.5) is 0 Å². The van der Waals surface area contributed by atoms with Gasteiger partial charge < -0.3 is 9.64 Å². The third-order valence-electron chi connectivity index (χ3n) is 4.44. The predicted molar refractivity (Wildman–Crippen MR) is 81.7 cm³/mol. The van der Waals surface area contributed by atoms with Crippen LogP contribution in [0.1, 0.15) is 23.6 Å². The van der Waals surface area contributed by atoms with Crippen LogP contribution in [0.3, 0.4) is 0 Å². The van der Waals surface area contributed by atoms with Gasteiger partial charge in [0.2, 0.25) is 11.8 Å². The number of aromatic nitrogens is 4. The molecular weight excluding hydrogens is 294 g/mol. The fourth-order valence-electron chi connectivity index (χ4n) is 3.29. The molecule has 0 aromatic carbocycles. The van der Waals surface area contributed by atoms with Crippen molar-refractivity contribution >= 4 is 5.91 Å². The minimum atomic E-state index is -0.0400. The second-order valence-corrected chi connectivity index (χ2v) is 6.07. The molecule has 0 aliphatic carbocycles. The highest BCUT2D eigenvalue weighted by Crippen LogP contribution is 2.24. The first kappa shape index (κ1) is 14.2. The Bertz CT molecular complexity index is 742. The first-order chi connectivity index (χ1) is 11.2.